The van der Waals surface area contributed by atoms with Crippen LogP contribution in [-0.4, -0.2) is 19.2 Å². The molecule has 1 aliphatic rings. The van der Waals surface area contributed by atoms with Gasteiger partial charge in [0.2, 0.25) is 5.76 Å². The zero-order valence-corrected chi connectivity index (χ0v) is 14.2. The molecule has 7 heteroatoms. The van der Waals surface area contributed by atoms with Gasteiger partial charge in [-0.3, -0.25) is 4.79 Å². The summed E-state index contributed by atoms with van der Waals surface area (Å²) in [5.74, 6) is 0.0942. The quantitative estimate of drug-likeness (QED) is 0.654. The maximum Gasteiger partial charge on any atom is 0.374 e. The van der Waals surface area contributed by atoms with Crippen molar-refractivity contribution in [2.75, 3.05) is 13.2 Å². The number of carbonyl (C=O) groups is 1. The van der Waals surface area contributed by atoms with E-state index in [1.165, 1.54) is 0 Å². The van der Waals surface area contributed by atoms with Crippen LogP contribution in [0.15, 0.2) is 51.7 Å². The highest BCUT2D eigenvalue weighted by molar-refractivity contribution is 6.32. The summed E-state index contributed by atoms with van der Waals surface area (Å²) in [7, 11) is 0. The van der Waals surface area contributed by atoms with Crippen molar-refractivity contribution in [1.29, 1.82) is 0 Å². The van der Waals surface area contributed by atoms with Crippen molar-refractivity contribution in [1.82, 2.24) is 0 Å². The first kappa shape index (κ1) is 16.5. The minimum Gasteiger partial charge on any atom is -0.486 e. The minimum absolute atomic E-state index is 0.0499. The zero-order chi connectivity index (χ0) is 18.1. The Morgan fingerprint density at radius 2 is 1.92 bits per heavy atom. The molecule has 0 radical (unpaired) electrons. The Morgan fingerprint density at radius 1 is 1.12 bits per heavy atom. The number of hydrogen-bond donors (Lipinski definition) is 0. The molecule has 0 bridgehead atoms. The van der Waals surface area contributed by atoms with Gasteiger partial charge >= 0.3 is 5.97 Å². The van der Waals surface area contributed by atoms with Gasteiger partial charge in [-0.05, 0) is 29.8 Å². The van der Waals surface area contributed by atoms with E-state index in [4.69, 9.17) is 30.2 Å². The third kappa shape index (κ3) is 3.11. The SMILES string of the molecule is O=C(OCc1cc(Cl)c2c(c1)OCCO2)c1cc(=O)c2ccccc2o1. The number of benzene rings is 2. The van der Waals surface area contributed by atoms with Gasteiger partial charge in [-0.25, -0.2) is 4.79 Å². The molecule has 4 rings (SSSR count). The van der Waals surface area contributed by atoms with Gasteiger partial charge in [0.25, 0.3) is 0 Å². The third-order valence-corrected chi connectivity index (χ3v) is 4.14. The summed E-state index contributed by atoms with van der Waals surface area (Å²) < 4.78 is 21.6. The molecular formula is C19H13ClO6. The maximum absolute atomic E-state index is 12.2. The second-order valence-electron chi connectivity index (χ2n) is 5.65. The van der Waals surface area contributed by atoms with E-state index in [9.17, 15) is 9.59 Å². The van der Waals surface area contributed by atoms with E-state index in [0.29, 0.717) is 46.3 Å². The van der Waals surface area contributed by atoms with E-state index in [-0.39, 0.29) is 17.8 Å². The van der Waals surface area contributed by atoms with Crippen LogP contribution in [0.5, 0.6) is 11.5 Å². The Balaban J connectivity index is 1.54. The molecule has 0 spiro atoms. The summed E-state index contributed by atoms with van der Waals surface area (Å²) in [5, 5.41) is 0.785. The number of hydrogen-bond acceptors (Lipinski definition) is 6. The van der Waals surface area contributed by atoms with E-state index in [1.54, 1.807) is 36.4 Å². The molecule has 3 aromatic rings. The first-order valence-corrected chi connectivity index (χ1v) is 8.27. The fourth-order valence-electron chi connectivity index (χ4n) is 2.67. The molecule has 0 saturated carbocycles. The summed E-state index contributed by atoms with van der Waals surface area (Å²) in [4.78, 5) is 24.3. The van der Waals surface area contributed by atoms with Crippen molar-refractivity contribution < 1.29 is 23.4 Å². The predicted molar refractivity (Wildman–Crippen MR) is 94.0 cm³/mol. The second kappa shape index (κ2) is 6.72. The van der Waals surface area contributed by atoms with Gasteiger partial charge in [-0.2, -0.15) is 0 Å². The number of ether oxygens (including phenoxy) is 3. The second-order valence-corrected chi connectivity index (χ2v) is 6.06. The molecule has 26 heavy (non-hydrogen) atoms. The van der Waals surface area contributed by atoms with Crippen LogP contribution in [0.2, 0.25) is 5.02 Å². The van der Waals surface area contributed by atoms with Crippen LogP contribution in [0, 0.1) is 0 Å². The predicted octanol–water partition coefficient (Wildman–Crippen LogP) is 3.57. The maximum atomic E-state index is 12.2. The molecule has 1 aliphatic heterocycles. The first-order chi connectivity index (χ1) is 12.6. The van der Waals surface area contributed by atoms with Crippen LogP contribution in [0.4, 0.5) is 0 Å². The van der Waals surface area contributed by atoms with Crippen LogP contribution >= 0.6 is 11.6 Å². The number of halogens is 1. The molecule has 1 aromatic heterocycles. The van der Waals surface area contributed by atoms with E-state index >= 15 is 0 Å². The highest BCUT2D eigenvalue weighted by atomic mass is 35.5. The molecule has 6 nitrogen and oxygen atoms in total. The Kier molecular flexibility index (Phi) is 4.26. The van der Waals surface area contributed by atoms with E-state index in [1.807, 2.05) is 0 Å². The Labute approximate surface area is 152 Å². The fourth-order valence-corrected chi connectivity index (χ4v) is 2.96. The highest BCUT2D eigenvalue weighted by Gasteiger charge is 2.18. The van der Waals surface area contributed by atoms with Gasteiger partial charge in [0.05, 0.1) is 10.4 Å². The fraction of sp³-hybridized carbons (Fsp3) is 0.158. The van der Waals surface area contributed by atoms with Crippen molar-refractivity contribution in [3.63, 3.8) is 0 Å². The summed E-state index contributed by atoms with van der Waals surface area (Å²) in [6, 6.07) is 11.2. The molecule has 0 aliphatic carbocycles. The summed E-state index contributed by atoms with van der Waals surface area (Å²) in [5.41, 5.74) is 0.659. The summed E-state index contributed by atoms with van der Waals surface area (Å²) in [6.07, 6.45) is 0. The van der Waals surface area contributed by atoms with Crippen LogP contribution in [0.25, 0.3) is 11.0 Å². The average Bonchev–Trinajstić information content (AvgIpc) is 2.66. The Bertz CT molecular complexity index is 1060. The lowest BCUT2D eigenvalue weighted by atomic mass is 10.2. The first-order valence-electron chi connectivity index (χ1n) is 7.90. The molecule has 0 N–H and O–H groups in total. The lowest BCUT2D eigenvalue weighted by molar-refractivity contribution is 0.0436. The van der Waals surface area contributed by atoms with Crippen LogP contribution < -0.4 is 14.9 Å². The molecule has 2 heterocycles. The lowest BCUT2D eigenvalue weighted by Crippen LogP contribution is -2.16. The van der Waals surface area contributed by atoms with Gasteiger partial charge < -0.3 is 18.6 Å². The standard InChI is InChI=1S/C19H13ClO6/c20-13-7-11(8-16-18(13)24-6-5-23-16)10-25-19(22)17-9-14(21)12-3-1-2-4-15(12)26-17/h1-4,7-9H,5-6,10H2. The van der Waals surface area contributed by atoms with Gasteiger partial charge in [0, 0.05) is 6.07 Å². The van der Waals surface area contributed by atoms with E-state index < -0.39 is 5.97 Å². The van der Waals surface area contributed by atoms with Crippen molar-refractivity contribution in [2.24, 2.45) is 0 Å². The van der Waals surface area contributed by atoms with Crippen molar-refractivity contribution >= 4 is 28.5 Å². The zero-order valence-electron chi connectivity index (χ0n) is 13.5. The third-order valence-electron chi connectivity index (χ3n) is 3.86. The summed E-state index contributed by atoms with van der Waals surface area (Å²) in [6.45, 7) is 0.808. The number of rotatable bonds is 3. The monoisotopic (exact) mass is 372 g/mol. The minimum atomic E-state index is -0.737. The van der Waals surface area contributed by atoms with E-state index in [0.717, 1.165) is 6.07 Å². The smallest absolute Gasteiger partial charge is 0.374 e. The van der Waals surface area contributed by atoms with Crippen molar-refractivity contribution in [3.8, 4) is 11.5 Å². The van der Waals surface area contributed by atoms with Crippen LogP contribution in [0.3, 0.4) is 0 Å². The summed E-state index contributed by atoms with van der Waals surface area (Å²) >= 11 is 6.16. The number of para-hydroxylation sites is 1. The molecule has 0 amide bonds. The molecule has 0 atom stereocenters. The van der Waals surface area contributed by atoms with E-state index in [2.05, 4.69) is 0 Å². The van der Waals surface area contributed by atoms with Crippen molar-refractivity contribution in [2.45, 2.75) is 6.61 Å². The molecule has 132 valence electrons. The molecule has 0 unspecified atom stereocenters. The largest absolute Gasteiger partial charge is 0.486 e. The number of carbonyl (C=O) groups excluding carboxylic acids is 1. The topological polar surface area (TPSA) is 75.0 Å². The Morgan fingerprint density at radius 3 is 2.81 bits per heavy atom. The average molecular weight is 373 g/mol. The Hall–Kier alpha value is -2.99. The molecule has 2 aromatic carbocycles. The van der Waals surface area contributed by atoms with Gasteiger partial charge in [-0.15, -0.1) is 0 Å². The number of fused-ring (bicyclic) bond motifs is 2. The van der Waals surface area contributed by atoms with Crippen LogP contribution in [0.1, 0.15) is 16.1 Å². The molecule has 0 fully saturated rings. The van der Waals surface area contributed by atoms with Crippen molar-refractivity contribution in [3.05, 3.63) is 69.0 Å². The molecular weight excluding hydrogens is 360 g/mol. The lowest BCUT2D eigenvalue weighted by Gasteiger charge is -2.20. The van der Waals surface area contributed by atoms with Gasteiger partial charge in [0.15, 0.2) is 16.9 Å². The van der Waals surface area contributed by atoms with Gasteiger partial charge in [-0.1, -0.05) is 23.7 Å². The van der Waals surface area contributed by atoms with Gasteiger partial charge in [0.1, 0.15) is 25.4 Å². The number of esters is 1. The normalized spacial score (nSPS) is 12.8. The van der Waals surface area contributed by atoms with Crippen LogP contribution in [-0.2, 0) is 11.3 Å². The highest BCUT2D eigenvalue weighted by Crippen LogP contribution is 2.38. The molecule has 0 saturated heterocycles.